The number of nitrogens with zero attached hydrogens (tertiary/aromatic N) is 15. The normalized spacial score (nSPS) is 15.6. The first-order chi connectivity index (χ1) is 57.3. The number of aryl methyl sites for hydroxylation is 6. The van der Waals surface area contributed by atoms with Gasteiger partial charge in [-0.05, 0) is 183 Å². The van der Waals surface area contributed by atoms with Crippen LogP contribution in [0.2, 0.25) is 15.1 Å². The highest BCUT2D eigenvalue weighted by Crippen LogP contribution is 2.45. The standard InChI is InChI=1S/C27H36ClN7O5S2.C26H36ClN7O5S2.C25H34ClN7O5S2/c1-16(2)42(38,39)26-23(15-34(4)33-26)30-25-21(28)14-29-27(32-25)31-22-12-17(3)20(13-24(22)40-19-6-7-19)18-8-10-35(11-9-18)41(5,36)37;1-15(2)14-41(37,38)25-22(13-33(6)32-25)29-24-20(27)10-28-26(31-24)30-21-8-17(5)19(9-23(21)39-16(3)4)18-11-34(12-18)40(7,35)36;1-14(2)38-22-9-18(17-11-33(12-17)39(7,34)35)16(5)8-20(22)29-25-27-10-19(26)23(30-25)28-21-13-32(6)31-24(21)40(36,37)15(3)4/h12-16,18-19H,6-11H2,1-5H3,(H2,29,30,31,32);8-10,13,15-16,18H,11-12,14H2,1-7H3,(H2,28,29,30,31);8-10,13-15,17H,11-12H2,1-7H3,(H2,27,28,29,30). The molecule has 36 nitrogen and oxygen atoms in total. The van der Waals surface area contributed by atoms with E-state index in [1.807, 2.05) is 98.7 Å². The zero-order valence-electron chi connectivity index (χ0n) is 71.8. The molecule has 3 aliphatic heterocycles. The summed E-state index contributed by atoms with van der Waals surface area (Å²) in [5.74, 6) is 3.32. The van der Waals surface area contributed by atoms with Gasteiger partial charge in [0.2, 0.25) is 82.7 Å². The molecule has 9 aromatic rings. The second kappa shape index (κ2) is 37.8. The van der Waals surface area contributed by atoms with E-state index in [2.05, 4.69) is 77.1 Å². The van der Waals surface area contributed by atoms with Crippen LogP contribution in [0.3, 0.4) is 0 Å². The Morgan fingerprint density at radius 2 is 0.732 bits per heavy atom. The van der Waals surface area contributed by atoms with E-state index < -0.39 is 70.1 Å². The quantitative estimate of drug-likeness (QED) is 0.0235. The fourth-order valence-electron chi connectivity index (χ4n) is 13.8. The molecule has 4 fully saturated rings. The molecule has 123 heavy (non-hydrogen) atoms. The summed E-state index contributed by atoms with van der Waals surface area (Å²) in [6, 6.07) is 11.7. The summed E-state index contributed by atoms with van der Waals surface area (Å²) in [5.41, 5.74) is 8.82. The van der Waals surface area contributed by atoms with Gasteiger partial charge in [0.25, 0.3) is 0 Å². The first-order valence-electron chi connectivity index (χ1n) is 39.6. The van der Waals surface area contributed by atoms with Gasteiger partial charge in [-0.15, -0.1) is 0 Å². The van der Waals surface area contributed by atoms with E-state index in [9.17, 15) is 50.5 Å². The first kappa shape index (κ1) is 94.8. The average Bonchev–Trinajstić information content (AvgIpc) is 1.76. The molecule has 6 aromatic heterocycles. The molecule has 0 amide bonds. The van der Waals surface area contributed by atoms with Crippen molar-refractivity contribution in [3.05, 3.63) is 122 Å². The van der Waals surface area contributed by atoms with E-state index >= 15 is 0 Å². The molecule has 13 rings (SSSR count). The van der Waals surface area contributed by atoms with Crippen LogP contribution in [-0.2, 0) is 80.7 Å². The molecule has 45 heteroatoms. The number of aromatic nitrogens is 12. The van der Waals surface area contributed by atoms with Crippen LogP contribution in [0, 0.1) is 26.7 Å². The van der Waals surface area contributed by atoms with Crippen LogP contribution in [0.4, 0.5) is 69.4 Å². The van der Waals surface area contributed by atoms with Crippen molar-refractivity contribution in [2.45, 2.75) is 177 Å². The third-order valence-electron chi connectivity index (χ3n) is 20.3. The average molecular weight is 1880 g/mol. The predicted octanol–water partition coefficient (Wildman–Crippen LogP) is 12.7. The third kappa shape index (κ3) is 23.5. The van der Waals surface area contributed by atoms with Gasteiger partial charge < -0.3 is 46.1 Å². The van der Waals surface area contributed by atoms with Crippen LogP contribution in [0.25, 0.3) is 0 Å². The largest absolute Gasteiger partial charge is 0.489 e. The Labute approximate surface area is 734 Å². The molecular formula is C78H106Cl3N21O15S6. The number of anilines is 12. The van der Waals surface area contributed by atoms with Gasteiger partial charge in [-0.3, -0.25) is 14.0 Å². The van der Waals surface area contributed by atoms with Crippen molar-refractivity contribution in [2.24, 2.45) is 27.1 Å². The zero-order chi connectivity index (χ0) is 90.2. The number of sulfone groups is 3. The Balaban J connectivity index is 0.000000180. The molecule has 0 radical (unpaired) electrons. The van der Waals surface area contributed by atoms with Gasteiger partial charge in [-0.2, -0.15) is 30.2 Å². The van der Waals surface area contributed by atoms with Crippen LogP contribution in [0.15, 0.2) is 88.7 Å². The Bertz CT molecular complexity index is 6150. The van der Waals surface area contributed by atoms with Gasteiger partial charge in [0.15, 0.2) is 27.3 Å². The summed E-state index contributed by atoms with van der Waals surface area (Å²) in [6.07, 6.45) is 15.9. The predicted molar refractivity (Wildman–Crippen MR) is 477 cm³/mol. The molecule has 6 N–H and O–H groups in total. The minimum Gasteiger partial charge on any atom is -0.489 e. The second-order valence-corrected chi connectivity index (χ2v) is 46.6. The lowest BCUT2D eigenvalue weighted by Gasteiger charge is -2.38. The van der Waals surface area contributed by atoms with Gasteiger partial charge >= 0.3 is 0 Å². The number of benzene rings is 3. The van der Waals surface area contributed by atoms with Gasteiger partial charge in [0.1, 0.15) is 32.3 Å². The molecule has 4 aliphatic rings. The van der Waals surface area contributed by atoms with Crippen molar-refractivity contribution in [2.75, 3.05) is 95.7 Å². The lowest BCUT2D eigenvalue weighted by atomic mass is 9.87. The molecule has 0 atom stereocenters. The molecule has 3 saturated heterocycles. The summed E-state index contributed by atoms with van der Waals surface area (Å²) < 4.78 is 176. The zero-order valence-corrected chi connectivity index (χ0v) is 79.0. The topological polar surface area (TPSA) is 445 Å². The van der Waals surface area contributed by atoms with Crippen molar-refractivity contribution in [3.63, 3.8) is 0 Å². The van der Waals surface area contributed by atoms with E-state index in [0.717, 1.165) is 59.1 Å². The number of piperidine rings is 1. The van der Waals surface area contributed by atoms with Gasteiger partial charge in [-0.25, -0.2) is 78.4 Å². The number of sulfonamides is 3. The second-order valence-electron chi connectivity index (χ2n) is 32.6. The van der Waals surface area contributed by atoms with Crippen LogP contribution in [0.1, 0.15) is 146 Å². The van der Waals surface area contributed by atoms with Gasteiger partial charge in [0.05, 0.1) is 106 Å². The van der Waals surface area contributed by atoms with E-state index in [1.54, 1.807) is 67.4 Å². The lowest BCUT2D eigenvalue weighted by Crippen LogP contribution is -2.48. The van der Waals surface area contributed by atoms with Crippen molar-refractivity contribution in [3.8, 4) is 17.2 Å². The third-order valence-corrected chi connectivity index (χ3v) is 31.0. The molecule has 0 spiro atoms. The van der Waals surface area contributed by atoms with Gasteiger partial charge in [0, 0.05) is 90.8 Å². The molecule has 3 aromatic carbocycles. The summed E-state index contributed by atoms with van der Waals surface area (Å²) in [4.78, 5) is 26.5. The van der Waals surface area contributed by atoms with Crippen LogP contribution >= 0.6 is 34.8 Å². The lowest BCUT2D eigenvalue weighted by molar-refractivity contribution is 0.240. The molecule has 670 valence electrons. The number of rotatable bonds is 31. The summed E-state index contributed by atoms with van der Waals surface area (Å²) >= 11 is 19.2. The smallest absolute Gasteiger partial charge is 0.229 e. The number of hydrogen-bond donors (Lipinski definition) is 6. The monoisotopic (exact) mass is 1870 g/mol. The maximum atomic E-state index is 12.9. The highest BCUT2D eigenvalue weighted by atomic mass is 35.5. The Morgan fingerprint density at radius 3 is 1.05 bits per heavy atom. The maximum Gasteiger partial charge on any atom is 0.229 e. The Kier molecular flexibility index (Phi) is 29.1. The van der Waals surface area contributed by atoms with Crippen molar-refractivity contribution in [1.29, 1.82) is 0 Å². The van der Waals surface area contributed by atoms with E-state index in [0.29, 0.717) is 73.6 Å². The number of hydrogen-bond acceptors (Lipinski definition) is 30. The molecule has 9 heterocycles. The summed E-state index contributed by atoms with van der Waals surface area (Å²) in [6.45, 7) is 26.3. The molecule has 0 unspecified atom stereocenters. The fourth-order valence-corrected chi connectivity index (χ4v) is 20.8. The van der Waals surface area contributed by atoms with Gasteiger partial charge in [-0.1, -0.05) is 48.7 Å². The molecule has 1 saturated carbocycles. The van der Waals surface area contributed by atoms with Crippen LogP contribution in [-0.4, -0.2) is 215 Å². The molecule has 0 bridgehead atoms. The maximum absolute atomic E-state index is 12.9. The minimum atomic E-state index is -3.67. The van der Waals surface area contributed by atoms with Crippen molar-refractivity contribution in [1.82, 2.24) is 72.2 Å². The van der Waals surface area contributed by atoms with E-state index in [1.165, 1.54) is 64.3 Å². The molecule has 1 aliphatic carbocycles. The minimum absolute atomic E-state index is 0.0515. The summed E-state index contributed by atoms with van der Waals surface area (Å²) in [7, 11) is -15.7. The Hall–Kier alpha value is -8.82. The van der Waals surface area contributed by atoms with E-state index in [4.69, 9.17) is 49.0 Å². The number of halogens is 3. The van der Waals surface area contributed by atoms with E-state index in [-0.39, 0.29) is 130 Å². The number of nitrogens with one attached hydrogen (secondary N) is 6. The highest BCUT2D eigenvalue weighted by molar-refractivity contribution is 7.92. The first-order valence-corrected chi connectivity index (χ1v) is 51.0. The SMILES string of the molecule is Cc1cc(Nc2ncc(Cl)c(Nc3cn(C)nc3S(=O)(=O)C(C)C)n2)c(OC(C)C)cc1C1CN(S(C)(=O)=O)C1.Cc1cc(Nc2ncc(Cl)c(Nc3cn(C)nc3S(=O)(=O)C(C)C)n2)c(OC2CC2)cc1C1CCN(S(C)(=O)=O)CC1.Cc1cc(Nc2ncc(Cl)c(Nc3cn(C)nc3S(=O)(=O)CC(C)C)n2)c(OC(C)C)cc1C1CN(S(C)(=O)=O)C1. The fraction of sp³-hybridized carbons (Fsp3) is 0.500. The highest BCUT2D eigenvalue weighted by Gasteiger charge is 2.39. The van der Waals surface area contributed by atoms with Crippen LogP contribution in [0.5, 0.6) is 17.2 Å². The molecular weight excluding hydrogens is 1770 g/mol. The Morgan fingerprint density at radius 1 is 0.415 bits per heavy atom. The number of ether oxygens (including phenoxy) is 3. The van der Waals surface area contributed by atoms with Crippen molar-refractivity contribution < 1.29 is 64.7 Å². The summed E-state index contributed by atoms with van der Waals surface area (Å²) in [5, 5.41) is 30.1. The van der Waals surface area contributed by atoms with Crippen molar-refractivity contribution >= 4 is 164 Å². The van der Waals surface area contributed by atoms with Crippen LogP contribution < -0.4 is 46.1 Å².